The third kappa shape index (κ3) is 7.59. The van der Waals surface area contributed by atoms with Gasteiger partial charge < -0.3 is 19.9 Å². The Labute approximate surface area is 254 Å². The zero-order valence-corrected chi connectivity index (χ0v) is 25.5. The molecule has 38 heavy (non-hydrogen) atoms. The van der Waals surface area contributed by atoms with Gasteiger partial charge in [-0.3, -0.25) is 4.79 Å². The van der Waals surface area contributed by atoms with E-state index in [0.29, 0.717) is 21.7 Å². The molecule has 0 fully saturated rings. The molecule has 0 bridgehead atoms. The van der Waals surface area contributed by atoms with Crippen molar-refractivity contribution in [2.45, 2.75) is 38.1 Å². The lowest BCUT2D eigenvalue weighted by atomic mass is 10.1. The lowest BCUT2D eigenvalue weighted by Crippen LogP contribution is -2.42. The number of ether oxygens (including phenoxy) is 1. The predicted octanol–water partition coefficient (Wildman–Crippen LogP) is 8.43. The van der Waals surface area contributed by atoms with E-state index in [0.717, 1.165) is 22.4 Å². The molecule has 1 amide bonds. The van der Waals surface area contributed by atoms with Crippen molar-refractivity contribution in [2.24, 2.45) is 0 Å². The van der Waals surface area contributed by atoms with Crippen molar-refractivity contribution in [2.75, 3.05) is 12.0 Å². The fourth-order valence-corrected chi connectivity index (χ4v) is 4.88. The molecule has 0 saturated carbocycles. The fourth-order valence-electron chi connectivity index (χ4n) is 3.95. The molecule has 0 radical (unpaired) electrons. The first-order valence-corrected chi connectivity index (χ1v) is 13.3. The summed E-state index contributed by atoms with van der Waals surface area (Å²) in [6.07, 6.45) is 3.23. The van der Waals surface area contributed by atoms with Crippen molar-refractivity contribution in [1.82, 2.24) is 9.80 Å². The number of nitrogens with zero attached hydrogens (tertiary/aromatic N) is 2. The number of anilines is 1. The predicted molar refractivity (Wildman–Crippen MR) is 162 cm³/mol. The van der Waals surface area contributed by atoms with E-state index in [1.54, 1.807) is 24.3 Å². The standard InChI is InChI=1S/C28H27Cl4N3O2.BrH/c1-18-5-3-4-6-25(18)33-28(36)19(2)34-13-14-35(17-34)27(32)26(20-7-10-22(29)11-8-20)37-16-21-9-12-23(30)15-24(21)31;/h3-15,19,26-27H,16-17H2,1-2H3,(H,33,36);1H. The van der Waals surface area contributed by atoms with Crippen LogP contribution in [0.25, 0.3) is 0 Å². The summed E-state index contributed by atoms with van der Waals surface area (Å²) in [5.74, 6) is -0.102. The minimum absolute atomic E-state index is 0. The monoisotopic (exact) mass is 657 g/mol. The number of carbonyl (C=O) groups excluding carboxylic acids is 1. The topological polar surface area (TPSA) is 44.8 Å². The summed E-state index contributed by atoms with van der Waals surface area (Å²) in [6, 6.07) is 20.0. The van der Waals surface area contributed by atoms with Crippen molar-refractivity contribution in [1.29, 1.82) is 0 Å². The van der Waals surface area contributed by atoms with Crippen molar-refractivity contribution < 1.29 is 9.53 Å². The molecule has 0 spiro atoms. The Kier molecular flexibility index (Phi) is 11.2. The number of aryl methyl sites for hydroxylation is 1. The van der Waals surface area contributed by atoms with Gasteiger partial charge in [0.2, 0.25) is 5.91 Å². The molecule has 202 valence electrons. The second-order valence-electron chi connectivity index (χ2n) is 8.84. The summed E-state index contributed by atoms with van der Waals surface area (Å²) in [5.41, 5.74) is 2.90. The highest BCUT2D eigenvalue weighted by Crippen LogP contribution is 2.33. The normalized spacial score (nSPS) is 15.1. The zero-order chi connectivity index (χ0) is 26.5. The summed E-state index contributed by atoms with van der Waals surface area (Å²) in [4.78, 5) is 16.8. The maximum atomic E-state index is 12.9. The first kappa shape index (κ1) is 30.6. The number of nitrogens with one attached hydrogen (secondary N) is 1. The molecule has 1 aliphatic rings. The molecule has 10 heteroatoms. The lowest BCUT2D eigenvalue weighted by Gasteiger charge is -2.33. The number of halogens is 5. The van der Waals surface area contributed by atoms with Crippen molar-refractivity contribution >= 4 is 75.0 Å². The molecule has 3 unspecified atom stereocenters. The molecule has 0 aromatic heterocycles. The molecule has 3 aromatic carbocycles. The van der Waals surface area contributed by atoms with Gasteiger partial charge in [0, 0.05) is 33.2 Å². The molecule has 1 N–H and O–H groups in total. The molecule has 3 atom stereocenters. The van der Waals surface area contributed by atoms with Gasteiger partial charge in [-0.2, -0.15) is 0 Å². The van der Waals surface area contributed by atoms with Crippen molar-refractivity contribution in [3.05, 3.63) is 111 Å². The van der Waals surface area contributed by atoms with E-state index >= 15 is 0 Å². The Hall–Kier alpha value is -1.93. The van der Waals surface area contributed by atoms with Crippen LogP contribution < -0.4 is 5.32 Å². The molecule has 1 heterocycles. The molecule has 3 aromatic rings. The lowest BCUT2D eigenvalue weighted by molar-refractivity contribution is -0.120. The maximum Gasteiger partial charge on any atom is 0.246 e. The average Bonchev–Trinajstić information content (AvgIpc) is 3.37. The van der Waals surface area contributed by atoms with Gasteiger partial charge in [-0.1, -0.05) is 82.8 Å². The number of para-hydroxylation sites is 1. The minimum atomic E-state index is -0.569. The van der Waals surface area contributed by atoms with Gasteiger partial charge in [-0.05, 0) is 60.9 Å². The van der Waals surface area contributed by atoms with Gasteiger partial charge in [0.25, 0.3) is 0 Å². The van der Waals surface area contributed by atoms with Crippen LogP contribution in [0, 0.1) is 6.92 Å². The van der Waals surface area contributed by atoms with E-state index in [9.17, 15) is 4.79 Å². The van der Waals surface area contributed by atoms with Gasteiger partial charge in [0.15, 0.2) is 0 Å². The van der Waals surface area contributed by atoms with Gasteiger partial charge in [-0.15, -0.1) is 17.0 Å². The first-order chi connectivity index (χ1) is 17.7. The van der Waals surface area contributed by atoms with E-state index in [-0.39, 0.29) is 29.5 Å². The smallest absolute Gasteiger partial charge is 0.246 e. The summed E-state index contributed by atoms with van der Waals surface area (Å²) in [6.45, 7) is 4.49. The summed E-state index contributed by atoms with van der Waals surface area (Å²) < 4.78 is 6.31. The Morgan fingerprint density at radius 1 is 0.974 bits per heavy atom. The number of alkyl halides is 1. The largest absolute Gasteiger partial charge is 0.365 e. The summed E-state index contributed by atoms with van der Waals surface area (Å²) in [5, 5.41) is 4.71. The zero-order valence-electron chi connectivity index (χ0n) is 20.8. The molecular weight excluding hydrogens is 632 g/mol. The van der Waals surface area contributed by atoms with Crippen LogP contribution in [-0.2, 0) is 16.1 Å². The van der Waals surface area contributed by atoms with Crippen LogP contribution in [0.1, 0.15) is 29.7 Å². The van der Waals surface area contributed by atoms with E-state index in [4.69, 9.17) is 51.1 Å². The van der Waals surface area contributed by atoms with E-state index in [1.165, 1.54) is 0 Å². The van der Waals surface area contributed by atoms with Crippen LogP contribution in [0.4, 0.5) is 5.69 Å². The summed E-state index contributed by atoms with van der Waals surface area (Å²) in [7, 11) is 0. The van der Waals surface area contributed by atoms with Crippen molar-refractivity contribution in [3.8, 4) is 0 Å². The Bertz CT molecular complexity index is 1280. The Morgan fingerprint density at radius 2 is 1.63 bits per heavy atom. The fraction of sp³-hybridized carbons (Fsp3) is 0.250. The number of hydrogen-bond acceptors (Lipinski definition) is 4. The highest BCUT2D eigenvalue weighted by Gasteiger charge is 2.32. The number of rotatable bonds is 9. The molecular formula is C28H28BrCl4N3O2. The number of hydrogen-bond donors (Lipinski definition) is 1. The molecule has 4 rings (SSSR count). The highest BCUT2D eigenvalue weighted by molar-refractivity contribution is 8.93. The van der Waals surface area contributed by atoms with Crippen LogP contribution >= 0.6 is 63.4 Å². The minimum Gasteiger partial charge on any atom is -0.365 e. The molecule has 0 aliphatic carbocycles. The number of amides is 1. The van der Waals surface area contributed by atoms with Crippen LogP contribution in [0.15, 0.2) is 79.1 Å². The van der Waals surface area contributed by atoms with E-state index < -0.39 is 17.6 Å². The maximum absolute atomic E-state index is 12.9. The van der Waals surface area contributed by atoms with Crippen molar-refractivity contribution in [3.63, 3.8) is 0 Å². The second kappa shape index (κ2) is 13.9. The van der Waals surface area contributed by atoms with Crippen LogP contribution in [0.2, 0.25) is 15.1 Å². The Morgan fingerprint density at radius 3 is 2.32 bits per heavy atom. The second-order valence-corrected chi connectivity index (χ2v) is 10.6. The van der Waals surface area contributed by atoms with Gasteiger partial charge in [0.05, 0.1) is 13.3 Å². The third-order valence-corrected chi connectivity index (χ3v) is 7.57. The summed E-state index contributed by atoms with van der Waals surface area (Å²) >= 11 is 25.5. The Balaban J connectivity index is 0.00000400. The van der Waals surface area contributed by atoms with E-state index in [2.05, 4.69) is 5.32 Å². The van der Waals surface area contributed by atoms with Crippen LogP contribution in [-0.4, -0.2) is 33.9 Å². The van der Waals surface area contributed by atoms with Crippen LogP contribution in [0.5, 0.6) is 0 Å². The molecule has 1 aliphatic heterocycles. The average molecular weight is 660 g/mol. The van der Waals surface area contributed by atoms with Crippen LogP contribution in [0.3, 0.4) is 0 Å². The number of benzene rings is 3. The molecule has 0 saturated heterocycles. The van der Waals surface area contributed by atoms with Gasteiger partial charge in [0.1, 0.15) is 17.6 Å². The highest BCUT2D eigenvalue weighted by atomic mass is 79.9. The van der Waals surface area contributed by atoms with Gasteiger partial charge >= 0.3 is 0 Å². The SMILES string of the molecule is Br.Cc1ccccc1NC(=O)C(C)N1C=CN(C(Cl)C(OCc2ccc(Cl)cc2Cl)c2ccc(Cl)cc2)C1. The quantitative estimate of drug-likeness (QED) is 0.185. The molecule has 5 nitrogen and oxygen atoms in total. The van der Waals surface area contributed by atoms with Gasteiger partial charge in [-0.25, -0.2) is 0 Å². The first-order valence-electron chi connectivity index (χ1n) is 11.7. The third-order valence-electron chi connectivity index (χ3n) is 6.25. The number of carbonyl (C=O) groups is 1. The van der Waals surface area contributed by atoms with E-state index in [1.807, 2.05) is 78.5 Å².